The van der Waals surface area contributed by atoms with Crippen LogP contribution >= 0.6 is 0 Å². The highest BCUT2D eigenvalue weighted by Crippen LogP contribution is 2.23. The number of carbonyl (C=O) groups is 1. The monoisotopic (exact) mass is 315 g/mol. The van der Waals surface area contributed by atoms with Gasteiger partial charge in [-0.1, -0.05) is 30.3 Å². The van der Waals surface area contributed by atoms with E-state index < -0.39 is 11.7 Å². The quantitative estimate of drug-likeness (QED) is 0.882. The summed E-state index contributed by atoms with van der Waals surface area (Å²) in [5.41, 5.74) is -0.173. The molecule has 2 heterocycles. The number of hydrogen-bond donors (Lipinski definition) is 2. The molecule has 0 unspecified atom stereocenters. The molecule has 0 spiro atoms. The highest BCUT2D eigenvalue weighted by Gasteiger charge is 2.37. The van der Waals surface area contributed by atoms with Crippen molar-refractivity contribution in [3.05, 3.63) is 42.7 Å². The van der Waals surface area contributed by atoms with Gasteiger partial charge in [-0.2, -0.15) is 0 Å². The summed E-state index contributed by atoms with van der Waals surface area (Å²) >= 11 is 0. The number of rotatable bonds is 3. The van der Waals surface area contributed by atoms with Gasteiger partial charge in [-0.05, 0) is 13.3 Å². The van der Waals surface area contributed by atoms with Crippen molar-refractivity contribution < 1.29 is 15.0 Å². The first-order valence-electron chi connectivity index (χ1n) is 7.72. The normalized spacial score (nSPS) is 24.7. The first kappa shape index (κ1) is 15.7. The van der Waals surface area contributed by atoms with E-state index in [0.29, 0.717) is 13.0 Å². The number of benzene rings is 1. The molecule has 1 saturated heterocycles. The fraction of sp³-hybridized carbons (Fsp3) is 0.412. The van der Waals surface area contributed by atoms with Crippen LogP contribution in [0.1, 0.15) is 13.3 Å². The number of imidazole rings is 1. The molecule has 122 valence electrons. The average molecular weight is 315 g/mol. The number of piperidine rings is 1. The lowest BCUT2D eigenvalue weighted by molar-refractivity contribution is -0.146. The summed E-state index contributed by atoms with van der Waals surface area (Å²) in [7, 11) is 0. The summed E-state index contributed by atoms with van der Waals surface area (Å²) in [6.07, 6.45) is 2.90. The molecule has 6 nitrogen and oxygen atoms in total. The van der Waals surface area contributed by atoms with Crippen LogP contribution in [0.4, 0.5) is 0 Å². The molecule has 2 atom stereocenters. The Morgan fingerprint density at radius 2 is 2.13 bits per heavy atom. The summed E-state index contributed by atoms with van der Waals surface area (Å²) in [5, 5.41) is 19.9. The number of aromatic nitrogens is 2. The predicted octanol–water partition coefficient (Wildman–Crippen LogP) is 0.894. The first-order valence-corrected chi connectivity index (χ1v) is 7.72. The van der Waals surface area contributed by atoms with Crippen molar-refractivity contribution in [1.82, 2.24) is 14.5 Å². The van der Waals surface area contributed by atoms with Gasteiger partial charge in [0, 0.05) is 31.0 Å². The highest BCUT2D eigenvalue weighted by molar-refractivity contribution is 5.77. The molecular weight excluding hydrogens is 294 g/mol. The lowest BCUT2D eigenvalue weighted by atomic mass is 9.91. The van der Waals surface area contributed by atoms with E-state index in [4.69, 9.17) is 0 Å². The summed E-state index contributed by atoms with van der Waals surface area (Å²) in [4.78, 5) is 18.4. The summed E-state index contributed by atoms with van der Waals surface area (Å²) in [6.45, 7) is 2.36. The topological polar surface area (TPSA) is 78.6 Å². The molecule has 0 saturated carbocycles. The third kappa shape index (κ3) is 3.28. The molecule has 1 fully saturated rings. The molecule has 0 radical (unpaired) electrons. The fourth-order valence-electron chi connectivity index (χ4n) is 2.78. The van der Waals surface area contributed by atoms with Gasteiger partial charge >= 0.3 is 0 Å². The van der Waals surface area contributed by atoms with E-state index in [1.807, 2.05) is 30.3 Å². The van der Waals surface area contributed by atoms with Crippen molar-refractivity contribution in [1.29, 1.82) is 0 Å². The molecule has 23 heavy (non-hydrogen) atoms. The van der Waals surface area contributed by atoms with Crippen LogP contribution in [-0.2, 0) is 11.3 Å². The summed E-state index contributed by atoms with van der Waals surface area (Å²) < 4.78 is 1.80. The third-order valence-corrected chi connectivity index (χ3v) is 4.40. The molecule has 2 aromatic rings. The fourth-order valence-corrected chi connectivity index (χ4v) is 2.78. The van der Waals surface area contributed by atoms with E-state index in [1.165, 1.54) is 0 Å². The molecule has 1 aliphatic rings. The van der Waals surface area contributed by atoms with Gasteiger partial charge in [-0.25, -0.2) is 4.98 Å². The van der Waals surface area contributed by atoms with E-state index in [2.05, 4.69) is 4.98 Å². The molecule has 1 aromatic heterocycles. The maximum atomic E-state index is 12.5. The van der Waals surface area contributed by atoms with E-state index in [0.717, 1.165) is 11.4 Å². The standard InChI is InChI=1S/C17H21N3O3/c1-17(23)7-9-19(11-14(17)21)15(22)12-20-10-8-18-16(20)13-5-3-2-4-6-13/h2-6,8,10,14,21,23H,7,9,11-12H2,1H3/t14-,17-/m0/s1. The van der Waals surface area contributed by atoms with Gasteiger partial charge in [0.1, 0.15) is 12.4 Å². The molecule has 1 aliphatic heterocycles. The Hall–Kier alpha value is -2.18. The van der Waals surface area contributed by atoms with E-state index >= 15 is 0 Å². The molecule has 1 amide bonds. The zero-order valence-corrected chi connectivity index (χ0v) is 13.1. The molecule has 1 aromatic carbocycles. The minimum Gasteiger partial charge on any atom is -0.388 e. The van der Waals surface area contributed by atoms with Gasteiger partial charge in [-0.15, -0.1) is 0 Å². The number of aliphatic hydroxyl groups is 2. The van der Waals surface area contributed by atoms with Crippen LogP contribution in [0.2, 0.25) is 0 Å². The second kappa shape index (κ2) is 6.14. The van der Waals surface area contributed by atoms with Crippen molar-refractivity contribution in [2.45, 2.75) is 31.6 Å². The third-order valence-electron chi connectivity index (χ3n) is 4.40. The minimum atomic E-state index is -1.12. The molecule has 0 aliphatic carbocycles. The van der Waals surface area contributed by atoms with Crippen molar-refractivity contribution in [2.75, 3.05) is 13.1 Å². The summed E-state index contributed by atoms with van der Waals surface area (Å²) in [5.74, 6) is 0.651. The zero-order chi connectivity index (χ0) is 16.4. The van der Waals surface area contributed by atoms with E-state index in [-0.39, 0.29) is 19.0 Å². The Kier molecular flexibility index (Phi) is 4.19. The molecule has 6 heteroatoms. The van der Waals surface area contributed by atoms with Crippen LogP contribution in [0, 0.1) is 0 Å². The Morgan fingerprint density at radius 1 is 1.39 bits per heavy atom. The van der Waals surface area contributed by atoms with Crippen LogP contribution in [0.5, 0.6) is 0 Å². The maximum Gasteiger partial charge on any atom is 0.242 e. The number of amides is 1. The predicted molar refractivity (Wildman–Crippen MR) is 85.5 cm³/mol. The number of likely N-dealkylation sites (tertiary alicyclic amines) is 1. The Bertz CT molecular complexity index is 681. The lowest BCUT2D eigenvalue weighted by Crippen LogP contribution is -2.55. The minimum absolute atomic E-state index is 0.0882. The first-order chi connectivity index (χ1) is 11.0. The van der Waals surface area contributed by atoms with Crippen molar-refractivity contribution in [3.8, 4) is 11.4 Å². The average Bonchev–Trinajstić information content (AvgIpc) is 2.99. The van der Waals surface area contributed by atoms with Gasteiger partial charge in [0.2, 0.25) is 5.91 Å². The Morgan fingerprint density at radius 3 is 2.83 bits per heavy atom. The number of carbonyl (C=O) groups excluding carboxylic acids is 1. The van der Waals surface area contributed by atoms with Gasteiger partial charge in [-0.3, -0.25) is 4.79 Å². The SMILES string of the molecule is C[C@]1(O)CCN(C(=O)Cn2ccnc2-c2ccccc2)C[C@@H]1O. The number of β-amino-alcohol motifs (C(OH)–C–C–N with tert-alkyl or cyclic N) is 1. The van der Waals surface area contributed by atoms with Gasteiger partial charge in [0.05, 0.1) is 11.7 Å². The van der Waals surface area contributed by atoms with Gasteiger partial charge < -0.3 is 19.7 Å². The lowest BCUT2D eigenvalue weighted by Gasteiger charge is -2.40. The van der Waals surface area contributed by atoms with Crippen molar-refractivity contribution in [2.24, 2.45) is 0 Å². The van der Waals surface area contributed by atoms with Crippen molar-refractivity contribution >= 4 is 5.91 Å². The Labute approximate surface area is 135 Å². The number of hydrogen-bond acceptors (Lipinski definition) is 4. The number of aliphatic hydroxyl groups excluding tert-OH is 1. The van der Waals surface area contributed by atoms with Crippen LogP contribution in [-0.4, -0.2) is 55.4 Å². The van der Waals surface area contributed by atoms with Gasteiger partial charge in [0.25, 0.3) is 0 Å². The highest BCUT2D eigenvalue weighted by atomic mass is 16.3. The van der Waals surface area contributed by atoms with E-state index in [1.54, 1.807) is 28.8 Å². The summed E-state index contributed by atoms with van der Waals surface area (Å²) in [6, 6.07) is 9.69. The van der Waals surface area contributed by atoms with Gasteiger partial charge in [0.15, 0.2) is 0 Å². The largest absolute Gasteiger partial charge is 0.388 e. The Balaban J connectivity index is 1.71. The van der Waals surface area contributed by atoms with Crippen LogP contribution < -0.4 is 0 Å². The second-order valence-electron chi connectivity index (χ2n) is 6.21. The van der Waals surface area contributed by atoms with Crippen LogP contribution in [0.15, 0.2) is 42.7 Å². The molecular formula is C17H21N3O3. The van der Waals surface area contributed by atoms with Crippen LogP contribution in [0.25, 0.3) is 11.4 Å². The molecule has 3 rings (SSSR count). The second-order valence-corrected chi connectivity index (χ2v) is 6.21. The molecule has 2 N–H and O–H groups in total. The molecule has 0 bridgehead atoms. The maximum absolute atomic E-state index is 12.5. The zero-order valence-electron chi connectivity index (χ0n) is 13.1. The smallest absolute Gasteiger partial charge is 0.242 e. The van der Waals surface area contributed by atoms with Crippen LogP contribution in [0.3, 0.4) is 0 Å². The van der Waals surface area contributed by atoms with Crippen molar-refractivity contribution in [3.63, 3.8) is 0 Å². The number of nitrogens with zero attached hydrogens (tertiary/aromatic N) is 3. The van der Waals surface area contributed by atoms with E-state index in [9.17, 15) is 15.0 Å².